The van der Waals surface area contributed by atoms with Gasteiger partial charge in [0.15, 0.2) is 0 Å². The van der Waals surface area contributed by atoms with Gasteiger partial charge in [-0.1, -0.05) is 20.8 Å². The Morgan fingerprint density at radius 2 is 2.05 bits per heavy atom. The Morgan fingerprint density at radius 1 is 1.23 bits per heavy atom. The van der Waals surface area contributed by atoms with Crippen LogP contribution in [0.15, 0.2) is 33.7 Å². The van der Waals surface area contributed by atoms with Gasteiger partial charge >= 0.3 is 0 Å². The monoisotopic (exact) mass is 312 g/mol. The summed E-state index contributed by atoms with van der Waals surface area (Å²) >= 11 is 1.48. The summed E-state index contributed by atoms with van der Waals surface area (Å²) in [5, 5.41) is 2.08. The second kappa shape index (κ2) is 4.43. The molecule has 3 heterocycles. The van der Waals surface area contributed by atoms with E-state index in [9.17, 15) is 4.79 Å². The lowest BCUT2D eigenvalue weighted by molar-refractivity contribution is 0.370. The molecule has 112 valence electrons. The fraction of sp³-hybridized carbons (Fsp3) is 0.294. The summed E-state index contributed by atoms with van der Waals surface area (Å²) in [6.07, 6.45) is 2.34. The minimum absolute atomic E-state index is 0.0854. The van der Waals surface area contributed by atoms with Crippen molar-refractivity contribution in [3.63, 3.8) is 0 Å². The SMILES string of the molecule is CC(C)(C)Cc1cc2c(ccc3c4nc[nH]c(=O)c4sc23)o1. The Bertz CT molecular complexity index is 1060. The number of nitrogens with zero attached hydrogens (tertiary/aromatic N) is 1. The molecule has 0 unspecified atom stereocenters. The number of benzene rings is 1. The first-order chi connectivity index (χ1) is 10.4. The minimum Gasteiger partial charge on any atom is -0.461 e. The molecule has 3 aromatic heterocycles. The Kier molecular flexibility index (Phi) is 2.72. The number of hydrogen-bond acceptors (Lipinski definition) is 4. The summed E-state index contributed by atoms with van der Waals surface area (Å²) in [6.45, 7) is 6.58. The number of thiophene rings is 1. The van der Waals surface area contributed by atoms with Crippen molar-refractivity contribution in [2.75, 3.05) is 0 Å². The third-order valence-corrected chi connectivity index (χ3v) is 4.90. The minimum atomic E-state index is -0.0854. The fourth-order valence-electron chi connectivity index (χ4n) is 2.82. The molecular formula is C17H16N2O2S. The highest BCUT2D eigenvalue weighted by Crippen LogP contribution is 2.37. The van der Waals surface area contributed by atoms with Gasteiger partial charge in [-0.2, -0.15) is 0 Å². The lowest BCUT2D eigenvalue weighted by Crippen LogP contribution is -2.08. The van der Waals surface area contributed by atoms with E-state index in [0.29, 0.717) is 4.70 Å². The van der Waals surface area contributed by atoms with Crippen molar-refractivity contribution in [3.05, 3.63) is 40.6 Å². The summed E-state index contributed by atoms with van der Waals surface area (Å²) < 4.78 is 7.72. The van der Waals surface area contributed by atoms with Crippen molar-refractivity contribution < 1.29 is 4.42 Å². The molecule has 0 fully saturated rings. The van der Waals surface area contributed by atoms with Crippen LogP contribution in [-0.4, -0.2) is 9.97 Å². The number of rotatable bonds is 1. The number of fused-ring (bicyclic) bond motifs is 5. The van der Waals surface area contributed by atoms with Crippen LogP contribution in [0.1, 0.15) is 26.5 Å². The molecule has 5 heteroatoms. The topological polar surface area (TPSA) is 58.9 Å². The van der Waals surface area contributed by atoms with Crippen molar-refractivity contribution in [2.24, 2.45) is 5.41 Å². The number of hydrogen-bond donors (Lipinski definition) is 1. The number of aromatic amines is 1. The Balaban J connectivity index is 2.04. The van der Waals surface area contributed by atoms with Crippen LogP contribution < -0.4 is 5.56 Å². The average Bonchev–Trinajstić information content (AvgIpc) is 2.97. The van der Waals surface area contributed by atoms with Crippen molar-refractivity contribution >= 4 is 42.6 Å². The molecule has 0 aliphatic heterocycles. The Hall–Kier alpha value is -2.14. The number of aromatic nitrogens is 2. The normalized spacial score (nSPS) is 12.7. The highest BCUT2D eigenvalue weighted by molar-refractivity contribution is 7.26. The largest absolute Gasteiger partial charge is 0.461 e. The summed E-state index contributed by atoms with van der Waals surface area (Å²) in [4.78, 5) is 18.9. The Labute approximate surface area is 130 Å². The van der Waals surface area contributed by atoms with E-state index in [2.05, 4.69) is 36.8 Å². The first-order valence-corrected chi connectivity index (χ1v) is 8.05. The molecule has 0 aliphatic carbocycles. The highest BCUT2D eigenvalue weighted by atomic mass is 32.1. The van der Waals surface area contributed by atoms with Gasteiger partial charge in [0.1, 0.15) is 16.0 Å². The average molecular weight is 312 g/mol. The standard InChI is InChI=1S/C17H16N2O2S/c1-17(2,3)7-9-6-11-12(21-9)5-4-10-13-15(22-14(10)11)16(20)19-8-18-13/h4-6,8H,7H2,1-3H3,(H,18,19,20). The molecule has 0 bridgehead atoms. The van der Waals surface area contributed by atoms with Crippen molar-refractivity contribution in [2.45, 2.75) is 27.2 Å². The molecule has 4 nitrogen and oxygen atoms in total. The maximum absolute atomic E-state index is 12.0. The summed E-state index contributed by atoms with van der Waals surface area (Å²) in [5.74, 6) is 0.981. The number of nitrogens with one attached hydrogen (secondary N) is 1. The predicted octanol–water partition coefficient (Wildman–Crippen LogP) is 4.47. The van der Waals surface area contributed by atoms with E-state index in [1.807, 2.05) is 12.1 Å². The van der Waals surface area contributed by atoms with Gasteiger partial charge < -0.3 is 9.40 Å². The lowest BCUT2D eigenvalue weighted by atomic mass is 9.91. The fourth-order valence-corrected chi connectivity index (χ4v) is 3.98. The molecule has 0 saturated carbocycles. The summed E-state index contributed by atoms with van der Waals surface area (Å²) in [6, 6.07) is 6.07. The molecule has 0 radical (unpaired) electrons. The van der Waals surface area contributed by atoms with E-state index in [0.717, 1.165) is 38.8 Å². The van der Waals surface area contributed by atoms with Gasteiger partial charge in [-0.05, 0) is 23.6 Å². The van der Waals surface area contributed by atoms with Gasteiger partial charge in [0, 0.05) is 21.9 Å². The van der Waals surface area contributed by atoms with Crippen LogP contribution in [0, 0.1) is 5.41 Å². The first-order valence-electron chi connectivity index (χ1n) is 7.24. The van der Waals surface area contributed by atoms with Crippen LogP contribution in [0.5, 0.6) is 0 Å². The van der Waals surface area contributed by atoms with Crippen LogP contribution in [0.4, 0.5) is 0 Å². The number of furan rings is 1. The molecule has 4 rings (SSSR count). The maximum atomic E-state index is 12.0. The van der Waals surface area contributed by atoms with E-state index < -0.39 is 0 Å². The van der Waals surface area contributed by atoms with Crippen molar-refractivity contribution in [3.8, 4) is 0 Å². The third-order valence-electron chi connectivity index (χ3n) is 3.68. The summed E-state index contributed by atoms with van der Waals surface area (Å²) in [7, 11) is 0. The van der Waals surface area contributed by atoms with Gasteiger partial charge in [0.2, 0.25) is 0 Å². The van der Waals surface area contributed by atoms with E-state index in [4.69, 9.17) is 4.42 Å². The molecule has 4 aromatic rings. The third kappa shape index (κ3) is 2.04. The quantitative estimate of drug-likeness (QED) is 0.564. The Morgan fingerprint density at radius 3 is 2.82 bits per heavy atom. The first kappa shape index (κ1) is 13.5. The maximum Gasteiger partial charge on any atom is 0.268 e. The van der Waals surface area contributed by atoms with Gasteiger partial charge in [-0.3, -0.25) is 4.79 Å². The summed E-state index contributed by atoms with van der Waals surface area (Å²) in [5.41, 5.74) is 1.72. The molecule has 0 spiro atoms. The van der Waals surface area contributed by atoms with E-state index in [-0.39, 0.29) is 11.0 Å². The predicted molar refractivity (Wildman–Crippen MR) is 90.7 cm³/mol. The van der Waals surface area contributed by atoms with Crippen LogP contribution in [-0.2, 0) is 6.42 Å². The van der Waals surface area contributed by atoms with Gasteiger partial charge in [0.05, 0.1) is 11.8 Å². The molecule has 0 aliphatic rings. The molecular weight excluding hydrogens is 296 g/mol. The van der Waals surface area contributed by atoms with Crippen molar-refractivity contribution in [1.82, 2.24) is 9.97 Å². The number of H-pyrrole nitrogens is 1. The van der Waals surface area contributed by atoms with Crippen LogP contribution in [0.2, 0.25) is 0 Å². The van der Waals surface area contributed by atoms with Crippen LogP contribution >= 0.6 is 11.3 Å². The zero-order valence-corrected chi connectivity index (χ0v) is 13.5. The second-order valence-corrected chi connectivity index (χ2v) is 7.84. The van der Waals surface area contributed by atoms with E-state index >= 15 is 0 Å². The highest BCUT2D eigenvalue weighted by Gasteiger charge is 2.18. The van der Waals surface area contributed by atoms with Crippen LogP contribution in [0.25, 0.3) is 31.3 Å². The molecule has 0 saturated heterocycles. The lowest BCUT2D eigenvalue weighted by Gasteiger charge is -2.15. The molecule has 0 atom stereocenters. The smallest absolute Gasteiger partial charge is 0.268 e. The van der Waals surface area contributed by atoms with E-state index in [1.54, 1.807) is 0 Å². The second-order valence-electron chi connectivity index (χ2n) is 6.82. The molecule has 22 heavy (non-hydrogen) atoms. The molecule has 1 N–H and O–H groups in total. The van der Waals surface area contributed by atoms with Gasteiger partial charge in [0.25, 0.3) is 5.56 Å². The van der Waals surface area contributed by atoms with Gasteiger partial charge in [-0.25, -0.2) is 4.98 Å². The molecule has 1 aromatic carbocycles. The van der Waals surface area contributed by atoms with E-state index in [1.165, 1.54) is 17.7 Å². The zero-order chi connectivity index (χ0) is 15.5. The van der Waals surface area contributed by atoms with Gasteiger partial charge in [-0.15, -0.1) is 11.3 Å². The zero-order valence-electron chi connectivity index (χ0n) is 12.7. The van der Waals surface area contributed by atoms with Crippen LogP contribution in [0.3, 0.4) is 0 Å². The van der Waals surface area contributed by atoms with Crippen molar-refractivity contribution in [1.29, 1.82) is 0 Å². The molecule has 0 amide bonds.